The summed E-state index contributed by atoms with van der Waals surface area (Å²) in [7, 11) is 4.69. The number of aryl methyl sites for hydroxylation is 1. The van der Waals surface area contributed by atoms with Crippen molar-refractivity contribution in [1.82, 2.24) is 4.98 Å². The lowest BCUT2D eigenvalue weighted by atomic mass is 9.97. The van der Waals surface area contributed by atoms with Crippen LogP contribution in [0.3, 0.4) is 0 Å². The van der Waals surface area contributed by atoms with Crippen LogP contribution < -0.4 is 14.2 Å². The number of hydrogen-bond acceptors (Lipinski definition) is 4. The number of rotatable bonds is 6. The fourth-order valence-electron chi connectivity index (χ4n) is 2.89. The van der Waals surface area contributed by atoms with Crippen LogP contribution in [0.5, 0.6) is 17.2 Å². The number of hydrogen-bond donors (Lipinski definition) is 1. The molecule has 0 aliphatic heterocycles. The third-order valence-corrected chi connectivity index (χ3v) is 4.28. The highest BCUT2D eigenvalue weighted by Gasteiger charge is 2.19. The Morgan fingerprint density at radius 2 is 1.50 bits per heavy atom. The molecule has 0 radical (unpaired) electrons. The lowest BCUT2D eigenvalue weighted by molar-refractivity contribution is 0.103. The van der Waals surface area contributed by atoms with Gasteiger partial charge in [0.05, 0.1) is 21.3 Å². The highest BCUT2D eigenvalue weighted by molar-refractivity contribution is 6.12. The van der Waals surface area contributed by atoms with Gasteiger partial charge in [0.1, 0.15) is 0 Å². The maximum Gasteiger partial charge on any atom is 0.203 e. The van der Waals surface area contributed by atoms with Crippen molar-refractivity contribution in [2.24, 2.45) is 0 Å². The molecular formula is C21H21NO4. The molecule has 0 amide bonds. The average molecular weight is 351 g/mol. The molecular weight excluding hydrogens is 330 g/mol. The first-order valence-corrected chi connectivity index (χ1v) is 8.17. The van der Waals surface area contributed by atoms with Crippen molar-refractivity contribution >= 4 is 5.78 Å². The summed E-state index contributed by atoms with van der Waals surface area (Å²) in [6, 6.07) is 11.2. The monoisotopic (exact) mass is 351 g/mol. The van der Waals surface area contributed by atoms with Gasteiger partial charge >= 0.3 is 0 Å². The van der Waals surface area contributed by atoms with E-state index in [4.69, 9.17) is 14.2 Å². The van der Waals surface area contributed by atoms with Gasteiger partial charge in [0.15, 0.2) is 17.3 Å². The molecule has 0 saturated heterocycles. The van der Waals surface area contributed by atoms with Crippen LogP contribution in [0.25, 0.3) is 11.1 Å². The Labute approximate surface area is 152 Å². The van der Waals surface area contributed by atoms with Crippen LogP contribution in [0.2, 0.25) is 0 Å². The van der Waals surface area contributed by atoms with Crippen molar-refractivity contribution in [3.8, 4) is 28.4 Å². The van der Waals surface area contributed by atoms with Crippen LogP contribution in [-0.2, 0) is 0 Å². The van der Waals surface area contributed by atoms with Crippen LogP contribution in [-0.4, -0.2) is 32.1 Å². The Morgan fingerprint density at radius 3 is 2.04 bits per heavy atom. The van der Waals surface area contributed by atoms with Gasteiger partial charge in [-0.25, -0.2) is 0 Å². The predicted molar refractivity (Wildman–Crippen MR) is 100 cm³/mol. The molecule has 5 nitrogen and oxygen atoms in total. The average Bonchev–Trinajstić information content (AvgIpc) is 3.16. The zero-order valence-electron chi connectivity index (χ0n) is 15.3. The van der Waals surface area contributed by atoms with Gasteiger partial charge in [0.2, 0.25) is 5.75 Å². The molecule has 0 fully saturated rings. The van der Waals surface area contributed by atoms with Crippen molar-refractivity contribution in [2.45, 2.75) is 6.92 Å². The number of nitrogens with one attached hydrogen (secondary N) is 1. The Kier molecular flexibility index (Phi) is 4.98. The zero-order chi connectivity index (χ0) is 18.7. The Morgan fingerprint density at radius 1 is 0.885 bits per heavy atom. The molecule has 3 aromatic rings. The van der Waals surface area contributed by atoms with E-state index in [1.165, 1.54) is 0 Å². The second-order valence-electron chi connectivity index (χ2n) is 5.89. The Bertz CT molecular complexity index is 900. The van der Waals surface area contributed by atoms with Crippen LogP contribution in [0.1, 0.15) is 21.5 Å². The number of benzene rings is 2. The summed E-state index contributed by atoms with van der Waals surface area (Å²) in [6.45, 7) is 1.99. The molecule has 1 N–H and O–H groups in total. The molecule has 26 heavy (non-hydrogen) atoms. The Hall–Kier alpha value is -3.21. The fourth-order valence-corrected chi connectivity index (χ4v) is 2.89. The normalized spacial score (nSPS) is 10.5. The minimum atomic E-state index is -0.0463. The summed E-state index contributed by atoms with van der Waals surface area (Å²) in [6.07, 6.45) is 3.50. The van der Waals surface area contributed by atoms with Crippen LogP contribution >= 0.6 is 0 Å². The van der Waals surface area contributed by atoms with Crippen molar-refractivity contribution in [2.75, 3.05) is 21.3 Å². The third-order valence-electron chi connectivity index (χ3n) is 4.28. The van der Waals surface area contributed by atoms with E-state index in [0.29, 0.717) is 28.4 Å². The zero-order valence-corrected chi connectivity index (χ0v) is 15.3. The number of aromatic amines is 1. The first-order chi connectivity index (χ1) is 12.6. The minimum Gasteiger partial charge on any atom is -0.493 e. The molecule has 0 bridgehead atoms. The summed E-state index contributed by atoms with van der Waals surface area (Å²) in [5.41, 5.74) is 3.92. The molecule has 0 atom stereocenters. The van der Waals surface area contributed by atoms with Crippen molar-refractivity contribution < 1.29 is 19.0 Å². The van der Waals surface area contributed by atoms with Crippen molar-refractivity contribution in [3.05, 3.63) is 65.5 Å². The van der Waals surface area contributed by atoms with E-state index >= 15 is 0 Å². The van der Waals surface area contributed by atoms with Crippen LogP contribution in [0, 0.1) is 6.92 Å². The molecule has 1 aromatic heterocycles. The van der Waals surface area contributed by atoms with E-state index < -0.39 is 0 Å². The second kappa shape index (κ2) is 7.35. The van der Waals surface area contributed by atoms with E-state index in [-0.39, 0.29) is 5.78 Å². The number of ether oxygens (including phenoxy) is 3. The van der Waals surface area contributed by atoms with Crippen molar-refractivity contribution in [3.63, 3.8) is 0 Å². The number of carbonyl (C=O) groups is 1. The lowest BCUT2D eigenvalue weighted by Crippen LogP contribution is -2.02. The number of methoxy groups -OCH3 is 3. The number of ketones is 1. The first-order valence-electron chi connectivity index (χ1n) is 8.17. The second-order valence-corrected chi connectivity index (χ2v) is 5.89. The van der Waals surface area contributed by atoms with Gasteiger partial charge in [-0.3, -0.25) is 4.79 Å². The SMILES string of the molecule is COc1cc(-c2c[nH]cc2C(=O)c2ccc(C)cc2)cc(OC)c1OC. The smallest absolute Gasteiger partial charge is 0.203 e. The molecule has 0 unspecified atom stereocenters. The highest BCUT2D eigenvalue weighted by atomic mass is 16.5. The summed E-state index contributed by atoms with van der Waals surface area (Å²) in [5, 5.41) is 0. The molecule has 0 aliphatic rings. The Balaban J connectivity index is 2.08. The van der Waals surface area contributed by atoms with Gasteiger partial charge in [0.25, 0.3) is 0 Å². The highest BCUT2D eigenvalue weighted by Crippen LogP contribution is 2.42. The minimum absolute atomic E-state index is 0.0463. The first kappa shape index (κ1) is 17.6. The van der Waals surface area contributed by atoms with Crippen LogP contribution in [0.15, 0.2) is 48.8 Å². The van der Waals surface area contributed by atoms with E-state index in [0.717, 1.165) is 16.7 Å². The number of aromatic nitrogens is 1. The lowest BCUT2D eigenvalue weighted by Gasteiger charge is -2.14. The van der Waals surface area contributed by atoms with Gasteiger partial charge in [0, 0.05) is 29.1 Å². The largest absolute Gasteiger partial charge is 0.493 e. The number of H-pyrrole nitrogens is 1. The van der Waals surface area contributed by atoms with E-state index in [1.807, 2.05) is 43.3 Å². The van der Waals surface area contributed by atoms with Crippen LogP contribution in [0.4, 0.5) is 0 Å². The third kappa shape index (κ3) is 3.16. The van der Waals surface area contributed by atoms with Gasteiger partial charge in [-0.2, -0.15) is 0 Å². The predicted octanol–water partition coefficient (Wildman–Crippen LogP) is 4.25. The molecule has 1 heterocycles. The molecule has 5 heteroatoms. The molecule has 3 rings (SSSR count). The summed E-state index contributed by atoms with van der Waals surface area (Å²) in [4.78, 5) is 16.0. The van der Waals surface area contributed by atoms with Gasteiger partial charge in [-0.05, 0) is 24.6 Å². The molecule has 2 aromatic carbocycles. The van der Waals surface area contributed by atoms with Gasteiger partial charge in [-0.15, -0.1) is 0 Å². The molecule has 0 spiro atoms. The van der Waals surface area contributed by atoms with E-state index in [9.17, 15) is 4.79 Å². The summed E-state index contributed by atoms with van der Waals surface area (Å²) in [5.74, 6) is 1.55. The number of carbonyl (C=O) groups excluding carboxylic acids is 1. The van der Waals surface area contributed by atoms with E-state index in [1.54, 1.807) is 33.7 Å². The molecule has 134 valence electrons. The standard InChI is InChI=1S/C21H21NO4/c1-13-5-7-14(8-6-13)20(23)17-12-22-11-16(17)15-9-18(24-2)21(26-4)19(10-15)25-3/h5-12,22H,1-4H3. The molecule has 0 aliphatic carbocycles. The van der Waals surface area contributed by atoms with Crippen molar-refractivity contribution in [1.29, 1.82) is 0 Å². The summed E-state index contributed by atoms with van der Waals surface area (Å²) < 4.78 is 16.2. The fraction of sp³-hybridized carbons (Fsp3) is 0.190. The maximum absolute atomic E-state index is 12.9. The maximum atomic E-state index is 12.9. The van der Waals surface area contributed by atoms with Gasteiger partial charge < -0.3 is 19.2 Å². The topological polar surface area (TPSA) is 60.6 Å². The van der Waals surface area contributed by atoms with E-state index in [2.05, 4.69) is 4.98 Å². The summed E-state index contributed by atoms with van der Waals surface area (Å²) >= 11 is 0. The molecule has 0 saturated carbocycles. The van der Waals surface area contributed by atoms with Gasteiger partial charge in [-0.1, -0.05) is 29.8 Å². The quantitative estimate of drug-likeness (QED) is 0.675.